The summed E-state index contributed by atoms with van der Waals surface area (Å²) >= 11 is 17.4. The Balaban J connectivity index is 2.14. The molecule has 0 saturated heterocycles. The molecule has 0 radical (unpaired) electrons. The minimum absolute atomic E-state index is 0.0276. The molecule has 16 heavy (non-hydrogen) atoms. The average molecular weight is 336 g/mol. The lowest BCUT2D eigenvalue weighted by molar-refractivity contribution is 0.924. The number of halogens is 3. The van der Waals surface area contributed by atoms with Crippen molar-refractivity contribution in [1.29, 1.82) is 0 Å². The van der Waals surface area contributed by atoms with E-state index >= 15 is 0 Å². The van der Waals surface area contributed by atoms with Gasteiger partial charge in [0.15, 0.2) is 0 Å². The van der Waals surface area contributed by atoms with Crippen molar-refractivity contribution in [1.82, 2.24) is 0 Å². The quantitative estimate of drug-likeness (QED) is 0.632. The maximum atomic E-state index is 6.35. The Bertz CT molecular complexity index is 468. The van der Waals surface area contributed by atoms with Crippen LogP contribution in [-0.4, -0.2) is 0 Å². The second-order valence-electron chi connectivity index (χ2n) is 3.48. The second-order valence-corrected chi connectivity index (χ2v) is 6.05. The van der Waals surface area contributed by atoms with Crippen LogP contribution in [0.5, 0.6) is 0 Å². The molecule has 2 rings (SSSR count). The zero-order valence-corrected chi connectivity index (χ0v) is 12.2. The van der Waals surface area contributed by atoms with Gasteiger partial charge < -0.3 is 0 Å². The van der Waals surface area contributed by atoms with Gasteiger partial charge in [-0.25, -0.2) is 0 Å². The lowest BCUT2D eigenvalue weighted by Gasteiger charge is -2.09. The Kier molecular flexibility index (Phi) is 4.31. The second kappa shape index (κ2) is 5.54. The van der Waals surface area contributed by atoms with Gasteiger partial charge in [-0.3, -0.25) is 0 Å². The van der Waals surface area contributed by atoms with Crippen LogP contribution in [0.2, 0.25) is 5.02 Å². The molecule has 0 N–H and O–H groups in total. The SMILES string of the molecule is Clc1cc(C(Cl)Cc2ccsc2)ccc1Br. The number of rotatable bonds is 3. The molecule has 0 aliphatic heterocycles. The molecular formula is C12H9BrCl2S. The van der Waals surface area contributed by atoms with Crippen LogP contribution >= 0.6 is 50.5 Å². The zero-order valence-electron chi connectivity index (χ0n) is 8.29. The van der Waals surface area contributed by atoms with Crippen LogP contribution in [-0.2, 0) is 6.42 Å². The zero-order chi connectivity index (χ0) is 11.5. The molecule has 0 bridgehead atoms. The van der Waals surface area contributed by atoms with E-state index in [4.69, 9.17) is 23.2 Å². The van der Waals surface area contributed by atoms with Gasteiger partial charge in [-0.15, -0.1) is 11.6 Å². The number of hydrogen-bond donors (Lipinski definition) is 0. The normalized spacial score (nSPS) is 12.7. The highest BCUT2D eigenvalue weighted by molar-refractivity contribution is 9.10. The first-order valence-corrected chi connectivity index (χ1v) is 7.32. The van der Waals surface area contributed by atoms with Crippen molar-refractivity contribution >= 4 is 50.5 Å². The van der Waals surface area contributed by atoms with Crippen LogP contribution in [0.15, 0.2) is 39.5 Å². The fourth-order valence-electron chi connectivity index (χ4n) is 1.44. The van der Waals surface area contributed by atoms with Gasteiger partial charge in [-0.1, -0.05) is 17.7 Å². The van der Waals surface area contributed by atoms with Crippen molar-refractivity contribution in [3.8, 4) is 0 Å². The Morgan fingerprint density at radius 3 is 2.75 bits per heavy atom. The third kappa shape index (κ3) is 3.01. The Morgan fingerprint density at radius 2 is 2.12 bits per heavy atom. The van der Waals surface area contributed by atoms with Crippen molar-refractivity contribution in [3.05, 3.63) is 55.6 Å². The molecule has 0 aliphatic rings. The van der Waals surface area contributed by atoms with Crippen LogP contribution in [0, 0.1) is 0 Å². The molecular weight excluding hydrogens is 327 g/mol. The smallest absolute Gasteiger partial charge is 0.0626 e. The topological polar surface area (TPSA) is 0 Å². The van der Waals surface area contributed by atoms with Crippen molar-refractivity contribution in [2.24, 2.45) is 0 Å². The van der Waals surface area contributed by atoms with Gasteiger partial charge in [-0.2, -0.15) is 11.3 Å². The van der Waals surface area contributed by atoms with E-state index in [9.17, 15) is 0 Å². The van der Waals surface area contributed by atoms with Gasteiger partial charge in [0.25, 0.3) is 0 Å². The predicted octanol–water partition coefficient (Wildman–Crippen LogP) is 5.69. The van der Waals surface area contributed by atoms with Gasteiger partial charge in [0, 0.05) is 4.47 Å². The fourth-order valence-corrected chi connectivity index (χ4v) is 2.87. The molecule has 0 nitrogen and oxygen atoms in total. The van der Waals surface area contributed by atoms with Gasteiger partial charge in [0.05, 0.1) is 10.4 Å². The maximum Gasteiger partial charge on any atom is 0.0626 e. The van der Waals surface area contributed by atoms with Crippen molar-refractivity contribution in [2.45, 2.75) is 11.8 Å². The van der Waals surface area contributed by atoms with E-state index < -0.39 is 0 Å². The summed E-state index contributed by atoms with van der Waals surface area (Å²) in [5, 5.41) is 4.86. The Morgan fingerprint density at radius 1 is 1.31 bits per heavy atom. The fraction of sp³-hybridized carbons (Fsp3) is 0.167. The molecule has 0 spiro atoms. The molecule has 0 aliphatic carbocycles. The monoisotopic (exact) mass is 334 g/mol. The van der Waals surface area contributed by atoms with Crippen LogP contribution in [0.3, 0.4) is 0 Å². The highest BCUT2D eigenvalue weighted by atomic mass is 79.9. The Hall–Kier alpha value is -0.0200. The molecule has 84 valence electrons. The van der Waals surface area contributed by atoms with E-state index in [0.717, 1.165) is 16.5 Å². The molecule has 2 aromatic rings. The number of thiophene rings is 1. The summed E-state index contributed by atoms with van der Waals surface area (Å²) < 4.78 is 0.900. The summed E-state index contributed by atoms with van der Waals surface area (Å²) in [4.78, 5) is 0. The molecule has 0 fully saturated rings. The van der Waals surface area contributed by atoms with Gasteiger partial charge in [-0.05, 0) is 62.4 Å². The van der Waals surface area contributed by atoms with E-state index in [2.05, 4.69) is 32.8 Å². The minimum atomic E-state index is -0.0276. The summed E-state index contributed by atoms with van der Waals surface area (Å²) in [6.07, 6.45) is 0.836. The molecule has 0 amide bonds. The largest absolute Gasteiger partial charge is 0.152 e. The van der Waals surface area contributed by atoms with Crippen molar-refractivity contribution < 1.29 is 0 Å². The van der Waals surface area contributed by atoms with Crippen LogP contribution in [0.1, 0.15) is 16.5 Å². The molecule has 1 aromatic carbocycles. The van der Waals surface area contributed by atoms with Crippen LogP contribution < -0.4 is 0 Å². The summed E-state index contributed by atoms with van der Waals surface area (Å²) in [6, 6.07) is 7.94. The first-order chi connectivity index (χ1) is 7.66. The van der Waals surface area contributed by atoms with Crippen molar-refractivity contribution in [2.75, 3.05) is 0 Å². The number of benzene rings is 1. The van der Waals surface area contributed by atoms with Crippen molar-refractivity contribution in [3.63, 3.8) is 0 Å². The number of hydrogen-bond acceptors (Lipinski definition) is 1. The van der Waals surface area contributed by atoms with Crippen LogP contribution in [0.25, 0.3) is 0 Å². The standard InChI is InChI=1S/C12H9BrCl2S/c13-10-2-1-9(6-12(10)15)11(14)5-8-3-4-16-7-8/h1-4,6-7,11H,5H2. The molecule has 1 atom stereocenters. The lowest BCUT2D eigenvalue weighted by atomic mass is 10.1. The minimum Gasteiger partial charge on any atom is -0.152 e. The van der Waals surface area contributed by atoms with Crippen LogP contribution in [0.4, 0.5) is 0 Å². The third-order valence-corrected chi connectivity index (χ3v) is 4.67. The average Bonchev–Trinajstić information content (AvgIpc) is 2.74. The highest BCUT2D eigenvalue weighted by Gasteiger charge is 2.10. The van der Waals surface area contributed by atoms with E-state index in [0.29, 0.717) is 5.02 Å². The van der Waals surface area contributed by atoms with Gasteiger partial charge in [0.2, 0.25) is 0 Å². The van der Waals surface area contributed by atoms with Gasteiger partial charge in [0.1, 0.15) is 0 Å². The Labute approximate surface area is 117 Å². The predicted molar refractivity (Wildman–Crippen MR) is 75.8 cm³/mol. The number of alkyl halides is 1. The molecule has 4 heteroatoms. The first-order valence-electron chi connectivity index (χ1n) is 4.77. The van der Waals surface area contributed by atoms with E-state index in [1.807, 2.05) is 18.2 Å². The van der Waals surface area contributed by atoms with E-state index in [1.165, 1.54) is 5.56 Å². The molecule has 1 aromatic heterocycles. The lowest BCUT2D eigenvalue weighted by Crippen LogP contribution is -1.94. The van der Waals surface area contributed by atoms with Gasteiger partial charge >= 0.3 is 0 Å². The summed E-state index contributed by atoms with van der Waals surface area (Å²) in [5.74, 6) is 0. The van der Waals surface area contributed by atoms with E-state index in [1.54, 1.807) is 11.3 Å². The molecule has 1 heterocycles. The summed E-state index contributed by atoms with van der Waals surface area (Å²) in [5.41, 5.74) is 2.32. The molecule has 0 saturated carbocycles. The third-order valence-electron chi connectivity index (χ3n) is 2.30. The molecule has 1 unspecified atom stereocenters. The highest BCUT2D eigenvalue weighted by Crippen LogP contribution is 2.31. The summed E-state index contributed by atoms with van der Waals surface area (Å²) in [6.45, 7) is 0. The maximum absolute atomic E-state index is 6.35. The summed E-state index contributed by atoms with van der Waals surface area (Å²) in [7, 11) is 0. The first kappa shape index (κ1) is 12.4. The van der Waals surface area contributed by atoms with E-state index in [-0.39, 0.29) is 5.38 Å².